The second kappa shape index (κ2) is 7.68. The number of aliphatic hydroxyl groups excluding tert-OH is 1. The highest BCUT2D eigenvalue weighted by atomic mass is 32.2. The van der Waals surface area contributed by atoms with Crippen LogP contribution in [-0.4, -0.2) is 27.0 Å². The Morgan fingerprint density at radius 3 is 2.47 bits per heavy atom. The van der Waals surface area contributed by atoms with Gasteiger partial charge < -0.3 is 9.66 Å². The van der Waals surface area contributed by atoms with Crippen molar-refractivity contribution in [2.24, 2.45) is 0 Å². The van der Waals surface area contributed by atoms with E-state index >= 15 is 0 Å². The number of rotatable bonds is 7. The summed E-state index contributed by atoms with van der Waals surface area (Å²) in [5.74, 6) is 0.704. The van der Waals surface area contributed by atoms with Gasteiger partial charge in [0, 0.05) is 31.1 Å². The van der Waals surface area contributed by atoms with Crippen molar-refractivity contribution >= 4 is 11.2 Å². The fourth-order valence-corrected chi connectivity index (χ4v) is 2.43. The first kappa shape index (κ1) is 12.5. The van der Waals surface area contributed by atoms with Crippen molar-refractivity contribution in [2.75, 3.05) is 12.4 Å². The fourth-order valence-electron chi connectivity index (χ4n) is 1.31. The van der Waals surface area contributed by atoms with Crippen LogP contribution in [0, 0.1) is 0 Å². The highest BCUT2D eigenvalue weighted by Gasteiger charge is 2.08. The van der Waals surface area contributed by atoms with Gasteiger partial charge in [0.2, 0.25) is 0 Å². The molecule has 0 radical (unpaired) electrons. The number of pyridine rings is 1. The highest BCUT2D eigenvalue weighted by Crippen LogP contribution is 2.11. The standard InChI is InChI=1S/C11H17NO2S/c13-9-3-1-2-4-10-15(14)11-5-7-12-8-6-11/h5-8,13H,1-4,9-10H2. The molecule has 0 aliphatic carbocycles. The molecule has 0 saturated carbocycles. The van der Waals surface area contributed by atoms with Gasteiger partial charge in [-0.15, -0.1) is 0 Å². The molecule has 1 aromatic rings. The van der Waals surface area contributed by atoms with E-state index in [1.165, 1.54) is 0 Å². The van der Waals surface area contributed by atoms with Gasteiger partial charge in [0.05, 0.1) is 0 Å². The Kier molecular flexibility index (Phi) is 6.39. The van der Waals surface area contributed by atoms with Crippen LogP contribution in [0.4, 0.5) is 0 Å². The Labute approximate surface area is 93.7 Å². The molecule has 1 aromatic heterocycles. The molecule has 0 aliphatic rings. The summed E-state index contributed by atoms with van der Waals surface area (Å²) in [6.07, 6.45) is 7.19. The molecule has 0 aliphatic heterocycles. The van der Waals surface area contributed by atoms with E-state index in [0.29, 0.717) is 5.75 Å². The second-order valence-electron chi connectivity index (χ2n) is 3.37. The maximum atomic E-state index is 11.7. The Balaban J connectivity index is 2.16. The lowest BCUT2D eigenvalue weighted by Crippen LogP contribution is -2.06. The van der Waals surface area contributed by atoms with Gasteiger partial charge in [-0.1, -0.05) is 6.42 Å². The predicted octanol–water partition coefficient (Wildman–Crippen LogP) is 1.74. The first-order valence-electron chi connectivity index (χ1n) is 5.24. The first-order chi connectivity index (χ1) is 7.34. The lowest BCUT2D eigenvalue weighted by Gasteiger charge is -2.09. The molecule has 1 rings (SSSR count). The number of unbranched alkanes of at least 4 members (excludes halogenated alkanes) is 3. The molecule has 0 bridgehead atoms. The van der Waals surface area contributed by atoms with Crippen molar-refractivity contribution in [1.29, 1.82) is 0 Å². The number of hydrogen-bond acceptors (Lipinski definition) is 3. The maximum Gasteiger partial charge on any atom is 0.155 e. The van der Waals surface area contributed by atoms with Gasteiger partial charge in [-0.05, 0) is 30.4 Å². The molecule has 15 heavy (non-hydrogen) atoms. The second-order valence-corrected chi connectivity index (χ2v) is 4.94. The van der Waals surface area contributed by atoms with Gasteiger partial charge >= 0.3 is 0 Å². The zero-order valence-corrected chi connectivity index (χ0v) is 9.58. The van der Waals surface area contributed by atoms with E-state index in [1.54, 1.807) is 24.5 Å². The number of hydrogen-bond donors (Lipinski definition) is 1. The third-order valence-corrected chi connectivity index (χ3v) is 3.61. The molecule has 1 atom stereocenters. The number of nitrogens with zero attached hydrogens (tertiary/aromatic N) is 1. The van der Waals surface area contributed by atoms with E-state index in [9.17, 15) is 4.55 Å². The average molecular weight is 227 g/mol. The maximum absolute atomic E-state index is 11.7. The third-order valence-electron chi connectivity index (χ3n) is 2.15. The molecular weight excluding hydrogens is 210 g/mol. The zero-order chi connectivity index (χ0) is 10.9. The van der Waals surface area contributed by atoms with Crippen molar-refractivity contribution in [2.45, 2.75) is 30.6 Å². The molecule has 1 heterocycles. The van der Waals surface area contributed by atoms with Crippen molar-refractivity contribution < 1.29 is 9.66 Å². The summed E-state index contributed by atoms with van der Waals surface area (Å²) in [4.78, 5) is 4.74. The molecule has 4 heteroatoms. The summed E-state index contributed by atoms with van der Waals surface area (Å²) in [7, 11) is 0. The molecular formula is C11H17NO2S. The Bertz CT molecular complexity index is 256. The smallest absolute Gasteiger partial charge is 0.155 e. The summed E-state index contributed by atoms with van der Waals surface area (Å²) in [6, 6.07) is 3.59. The first-order valence-corrected chi connectivity index (χ1v) is 6.56. The van der Waals surface area contributed by atoms with Gasteiger partial charge in [-0.3, -0.25) is 4.98 Å². The molecule has 0 fully saturated rings. The molecule has 84 valence electrons. The Hall–Kier alpha value is -0.580. The van der Waals surface area contributed by atoms with Crippen molar-refractivity contribution in [1.82, 2.24) is 4.98 Å². The quantitative estimate of drug-likeness (QED) is 0.570. The fraction of sp³-hybridized carbons (Fsp3) is 0.545. The average Bonchev–Trinajstić information content (AvgIpc) is 2.30. The van der Waals surface area contributed by atoms with Gasteiger partial charge in [0.25, 0.3) is 0 Å². The minimum absolute atomic E-state index is 0.257. The van der Waals surface area contributed by atoms with Crippen LogP contribution in [-0.2, 0) is 11.2 Å². The van der Waals surface area contributed by atoms with Gasteiger partial charge in [-0.25, -0.2) is 0 Å². The van der Waals surface area contributed by atoms with Crippen LogP contribution in [0.1, 0.15) is 25.7 Å². The largest absolute Gasteiger partial charge is 0.611 e. The molecule has 0 amide bonds. The van der Waals surface area contributed by atoms with E-state index in [4.69, 9.17) is 5.11 Å². The summed E-state index contributed by atoms with van der Waals surface area (Å²) in [5.41, 5.74) is 0. The molecule has 0 aromatic carbocycles. The van der Waals surface area contributed by atoms with E-state index in [-0.39, 0.29) is 6.61 Å². The Morgan fingerprint density at radius 1 is 1.13 bits per heavy atom. The van der Waals surface area contributed by atoms with E-state index in [2.05, 4.69) is 4.98 Å². The van der Waals surface area contributed by atoms with Crippen LogP contribution < -0.4 is 0 Å². The van der Waals surface area contributed by atoms with Gasteiger partial charge in [0.1, 0.15) is 5.75 Å². The van der Waals surface area contributed by atoms with Crippen LogP contribution in [0.25, 0.3) is 0 Å². The summed E-state index contributed by atoms with van der Waals surface area (Å²) in [6.45, 7) is 0.257. The van der Waals surface area contributed by atoms with E-state index < -0.39 is 11.2 Å². The van der Waals surface area contributed by atoms with Crippen LogP contribution in [0.2, 0.25) is 0 Å². The van der Waals surface area contributed by atoms with E-state index in [1.807, 2.05) is 0 Å². The SMILES string of the molecule is [O-][S+](CCCCCCO)c1ccncc1. The molecule has 1 N–H and O–H groups in total. The topological polar surface area (TPSA) is 56.2 Å². The van der Waals surface area contributed by atoms with Crippen LogP contribution in [0.15, 0.2) is 29.4 Å². The minimum Gasteiger partial charge on any atom is -0.611 e. The summed E-state index contributed by atoms with van der Waals surface area (Å²) in [5, 5.41) is 8.59. The van der Waals surface area contributed by atoms with Crippen molar-refractivity contribution in [3.05, 3.63) is 24.5 Å². The van der Waals surface area contributed by atoms with Crippen LogP contribution in [0.5, 0.6) is 0 Å². The monoisotopic (exact) mass is 227 g/mol. The van der Waals surface area contributed by atoms with Crippen LogP contribution >= 0.6 is 0 Å². The zero-order valence-electron chi connectivity index (χ0n) is 8.76. The highest BCUT2D eigenvalue weighted by molar-refractivity contribution is 7.91. The molecule has 0 spiro atoms. The predicted molar refractivity (Wildman–Crippen MR) is 61.1 cm³/mol. The minimum atomic E-state index is -0.891. The van der Waals surface area contributed by atoms with Crippen molar-refractivity contribution in [3.63, 3.8) is 0 Å². The molecule has 1 unspecified atom stereocenters. The molecule has 3 nitrogen and oxygen atoms in total. The lowest BCUT2D eigenvalue weighted by molar-refractivity contribution is 0.283. The Morgan fingerprint density at radius 2 is 1.80 bits per heavy atom. The third kappa shape index (κ3) is 5.16. The van der Waals surface area contributed by atoms with Gasteiger partial charge in [0.15, 0.2) is 4.90 Å². The summed E-state index contributed by atoms with van der Waals surface area (Å²) < 4.78 is 11.7. The lowest BCUT2D eigenvalue weighted by atomic mass is 10.2. The van der Waals surface area contributed by atoms with Crippen molar-refractivity contribution in [3.8, 4) is 0 Å². The van der Waals surface area contributed by atoms with Crippen LogP contribution in [0.3, 0.4) is 0 Å². The summed E-state index contributed by atoms with van der Waals surface area (Å²) >= 11 is -0.891. The van der Waals surface area contributed by atoms with E-state index in [0.717, 1.165) is 30.6 Å². The number of aromatic nitrogens is 1. The molecule has 0 saturated heterocycles. The van der Waals surface area contributed by atoms with Gasteiger partial charge in [-0.2, -0.15) is 0 Å². The number of aliphatic hydroxyl groups is 1. The normalized spacial score (nSPS) is 12.7.